The number of hydrogen-bond acceptors (Lipinski definition) is 3. The number of hydrazone groups is 1. The van der Waals surface area contributed by atoms with Crippen LogP contribution in [-0.4, -0.2) is 16.6 Å². The van der Waals surface area contributed by atoms with E-state index in [1.165, 1.54) is 0 Å². The van der Waals surface area contributed by atoms with Crippen LogP contribution in [0.1, 0.15) is 23.3 Å². The van der Waals surface area contributed by atoms with E-state index in [0.717, 1.165) is 29.5 Å². The lowest BCUT2D eigenvalue weighted by Crippen LogP contribution is -2.35. The minimum atomic E-state index is -0.248. The second-order valence-electron chi connectivity index (χ2n) is 5.57. The van der Waals surface area contributed by atoms with E-state index in [1.807, 2.05) is 30.3 Å². The zero-order chi connectivity index (χ0) is 14.2. The number of allylic oxidation sites excluding steroid dienone is 2. The SMILES string of the molecule is O=C(N/N=C1/C[C@@H]2C=CC[C@@H]12)c1ccc2ccccc2n1. The predicted octanol–water partition coefficient (Wildman–Crippen LogP) is 2.92. The van der Waals surface area contributed by atoms with Crippen molar-refractivity contribution >= 4 is 22.5 Å². The zero-order valence-corrected chi connectivity index (χ0v) is 11.5. The van der Waals surface area contributed by atoms with Crippen molar-refractivity contribution in [3.8, 4) is 0 Å². The summed E-state index contributed by atoms with van der Waals surface area (Å²) in [6.45, 7) is 0. The van der Waals surface area contributed by atoms with Crippen LogP contribution in [0.5, 0.6) is 0 Å². The topological polar surface area (TPSA) is 54.4 Å². The molecule has 4 rings (SSSR count). The zero-order valence-electron chi connectivity index (χ0n) is 11.5. The lowest BCUT2D eigenvalue weighted by molar-refractivity contribution is 0.0949. The lowest BCUT2D eigenvalue weighted by atomic mass is 9.74. The Bertz CT molecular complexity index is 778. The Labute approximate surface area is 122 Å². The number of amides is 1. The van der Waals surface area contributed by atoms with Crippen molar-refractivity contribution in [2.45, 2.75) is 12.8 Å². The first-order valence-electron chi connectivity index (χ1n) is 7.20. The van der Waals surface area contributed by atoms with Crippen molar-refractivity contribution in [3.63, 3.8) is 0 Å². The largest absolute Gasteiger partial charge is 0.289 e. The van der Waals surface area contributed by atoms with E-state index in [0.29, 0.717) is 17.5 Å². The number of hydrogen-bond donors (Lipinski definition) is 1. The molecule has 1 heterocycles. The average Bonchev–Trinajstić information content (AvgIpc) is 2.88. The molecule has 0 saturated heterocycles. The molecular weight excluding hydrogens is 262 g/mol. The molecule has 1 aromatic carbocycles. The van der Waals surface area contributed by atoms with E-state index < -0.39 is 0 Å². The van der Waals surface area contributed by atoms with Crippen LogP contribution in [0, 0.1) is 11.8 Å². The molecule has 1 N–H and O–H groups in total. The molecule has 0 aliphatic heterocycles. The normalized spacial score (nSPS) is 24.9. The monoisotopic (exact) mass is 277 g/mol. The van der Waals surface area contributed by atoms with Gasteiger partial charge in [0.15, 0.2) is 0 Å². The molecule has 2 aliphatic carbocycles. The molecule has 2 aromatic rings. The molecular formula is C17H15N3O. The van der Waals surface area contributed by atoms with E-state index in [9.17, 15) is 4.79 Å². The molecule has 0 spiro atoms. The third-order valence-electron chi connectivity index (χ3n) is 4.30. The summed E-state index contributed by atoms with van der Waals surface area (Å²) in [5, 5.41) is 5.29. The van der Waals surface area contributed by atoms with Gasteiger partial charge in [0.05, 0.1) is 5.52 Å². The van der Waals surface area contributed by atoms with Crippen LogP contribution in [0.4, 0.5) is 0 Å². The fourth-order valence-corrected chi connectivity index (χ4v) is 3.04. The van der Waals surface area contributed by atoms with Crippen LogP contribution in [0.2, 0.25) is 0 Å². The van der Waals surface area contributed by atoms with Gasteiger partial charge >= 0.3 is 0 Å². The first-order valence-corrected chi connectivity index (χ1v) is 7.20. The summed E-state index contributed by atoms with van der Waals surface area (Å²) in [4.78, 5) is 16.5. The summed E-state index contributed by atoms with van der Waals surface area (Å²) in [6.07, 6.45) is 6.46. The number of nitrogens with zero attached hydrogens (tertiary/aromatic N) is 2. The number of para-hydroxylation sites is 1. The molecule has 0 radical (unpaired) electrons. The molecule has 1 aromatic heterocycles. The van der Waals surface area contributed by atoms with Crippen LogP contribution in [0.15, 0.2) is 53.7 Å². The molecule has 0 bridgehead atoms. The van der Waals surface area contributed by atoms with Crippen LogP contribution >= 0.6 is 0 Å². The van der Waals surface area contributed by atoms with Crippen LogP contribution < -0.4 is 5.43 Å². The number of pyridine rings is 1. The highest BCUT2D eigenvalue weighted by Gasteiger charge is 2.38. The van der Waals surface area contributed by atoms with Crippen molar-refractivity contribution in [1.82, 2.24) is 10.4 Å². The summed E-state index contributed by atoms with van der Waals surface area (Å²) >= 11 is 0. The molecule has 0 unspecified atom stereocenters. The summed E-state index contributed by atoms with van der Waals surface area (Å²) in [6, 6.07) is 11.4. The highest BCUT2D eigenvalue weighted by molar-refractivity contribution is 5.98. The minimum absolute atomic E-state index is 0.248. The van der Waals surface area contributed by atoms with Crippen LogP contribution in [0.3, 0.4) is 0 Å². The maximum atomic E-state index is 12.1. The third-order valence-corrected chi connectivity index (χ3v) is 4.30. The second-order valence-corrected chi connectivity index (χ2v) is 5.57. The van der Waals surface area contributed by atoms with Gasteiger partial charge in [0.2, 0.25) is 0 Å². The first kappa shape index (κ1) is 12.3. The number of aromatic nitrogens is 1. The molecule has 21 heavy (non-hydrogen) atoms. The van der Waals surface area contributed by atoms with Gasteiger partial charge < -0.3 is 0 Å². The Kier molecular flexibility index (Phi) is 2.81. The van der Waals surface area contributed by atoms with Gasteiger partial charge in [-0.25, -0.2) is 10.4 Å². The van der Waals surface area contributed by atoms with Crippen molar-refractivity contribution in [3.05, 3.63) is 54.2 Å². The van der Waals surface area contributed by atoms with Crippen molar-refractivity contribution in [2.24, 2.45) is 16.9 Å². The predicted molar refractivity (Wildman–Crippen MR) is 82.0 cm³/mol. The number of benzene rings is 1. The maximum absolute atomic E-state index is 12.1. The van der Waals surface area contributed by atoms with Gasteiger partial charge in [-0.3, -0.25) is 4.79 Å². The molecule has 1 amide bonds. The van der Waals surface area contributed by atoms with Gasteiger partial charge in [-0.2, -0.15) is 5.10 Å². The van der Waals surface area contributed by atoms with E-state index in [-0.39, 0.29) is 5.91 Å². The third kappa shape index (κ3) is 2.13. The number of carbonyl (C=O) groups excluding carboxylic acids is 1. The number of nitrogens with one attached hydrogen (secondary N) is 1. The average molecular weight is 277 g/mol. The molecule has 104 valence electrons. The Balaban J connectivity index is 1.50. The number of rotatable bonds is 2. The summed E-state index contributed by atoms with van der Waals surface area (Å²) in [5.74, 6) is 0.900. The first-order chi connectivity index (χ1) is 10.3. The minimum Gasteiger partial charge on any atom is -0.266 e. The standard InChI is InChI=1S/C17H15N3O/c21-17(20-19-16-10-12-5-3-6-13(12)16)15-9-8-11-4-1-2-7-14(11)18-15/h1-5,7-9,12-13H,6,10H2,(H,20,21)/b19-16-/t12-,13+/m0/s1. The summed E-state index contributed by atoms with van der Waals surface area (Å²) in [5.41, 5.74) is 4.96. The number of fused-ring (bicyclic) bond motifs is 2. The van der Waals surface area contributed by atoms with Gasteiger partial charge in [0, 0.05) is 17.0 Å². The van der Waals surface area contributed by atoms with E-state index >= 15 is 0 Å². The molecule has 1 fully saturated rings. The van der Waals surface area contributed by atoms with Gasteiger partial charge in [-0.15, -0.1) is 0 Å². The Hall–Kier alpha value is -2.49. The molecule has 4 nitrogen and oxygen atoms in total. The van der Waals surface area contributed by atoms with Crippen molar-refractivity contribution in [1.29, 1.82) is 0 Å². The van der Waals surface area contributed by atoms with Gasteiger partial charge in [0.25, 0.3) is 5.91 Å². The Morgan fingerprint density at radius 1 is 1.24 bits per heavy atom. The van der Waals surface area contributed by atoms with E-state index in [4.69, 9.17) is 0 Å². The van der Waals surface area contributed by atoms with E-state index in [1.54, 1.807) is 6.07 Å². The van der Waals surface area contributed by atoms with Gasteiger partial charge in [-0.1, -0.05) is 36.4 Å². The molecule has 4 heteroatoms. The van der Waals surface area contributed by atoms with Crippen LogP contribution in [0.25, 0.3) is 10.9 Å². The highest BCUT2D eigenvalue weighted by atomic mass is 16.2. The van der Waals surface area contributed by atoms with Gasteiger partial charge in [-0.05, 0) is 30.9 Å². The smallest absolute Gasteiger partial charge is 0.266 e. The van der Waals surface area contributed by atoms with Crippen molar-refractivity contribution in [2.75, 3.05) is 0 Å². The fourth-order valence-electron chi connectivity index (χ4n) is 3.04. The molecule has 2 aliphatic rings. The van der Waals surface area contributed by atoms with E-state index in [2.05, 4.69) is 27.7 Å². The fraction of sp³-hybridized carbons (Fsp3) is 0.235. The summed E-state index contributed by atoms with van der Waals surface area (Å²) in [7, 11) is 0. The Morgan fingerprint density at radius 3 is 3.05 bits per heavy atom. The maximum Gasteiger partial charge on any atom is 0.289 e. The number of carbonyl (C=O) groups is 1. The summed E-state index contributed by atoms with van der Waals surface area (Å²) < 4.78 is 0. The highest BCUT2D eigenvalue weighted by Crippen LogP contribution is 2.40. The second kappa shape index (κ2) is 4.81. The lowest BCUT2D eigenvalue weighted by Gasteiger charge is -2.31. The van der Waals surface area contributed by atoms with Gasteiger partial charge in [0.1, 0.15) is 5.69 Å². The van der Waals surface area contributed by atoms with Crippen molar-refractivity contribution < 1.29 is 4.79 Å². The molecule has 1 saturated carbocycles. The van der Waals surface area contributed by atoms with Crippen LogP contribution in [-0.2, 0) is 0 Å². The molecule has 2 atom stereocenters. The Morgan fingerprint density at radius 2 is 2.14 bits per heavy atom. The quantitative estimate of drug-likeness (QED) is 0.678.